The van der Waals surface area contributed by atoms with Crippen LogP contribution in [0.15, 0.2) is 35.9 Å². The molecule has 3 rings (SSSR count). The smallest absolute Gasteiger partial charge is 0.400 e. The summed E-state index contributed by atoms with van der Waals surface area (Å²) in [5.41, 5.74) is 2.13. The van der Waals surface area contributed by atoms with Gasteiger partial charge < -0.3 is 19.0 Å². The zero-order valence-electron chi connectivity index (χ0n) is 14.5. The van der Waals surface area contributed by atoms with Gasteiger partial charge in [-0.3, -0.25) is 0 Å². The highest BCUT2D eigenvalue weighted by Gasteiger charge is 2.52. The molecule has 1 N–H and O–H groups in total. The molecule has 1 saturated heterocycles. The minimum absolute atomic E-state index is 0.0936. The van der Waals surface area contributed by atoms with Gasteiger partial charge >= 0.3 is 7.12 Å². The number of fused-ring (bicyclic) bond motifs is 1. The summed E-state index contributed by atoms with van der Waals surface area (Å²) < 4.78 is 14.1. The van der Waals surface area contributed by atoms with E-state index in [1.54, 1.807) is 0 Å². The number of benzene rings is 1. The minimum Gasteiger partial charge on any atom is -0.400 e. The highest BCUT2D eigenvalue weighted by molar-refractivity contribution is 6.55. The average molecular weight is 313 g/mol. The topological polar surface area (TPSA) is 43.6 Å². The van der Waals surface area contributed by atoms with Gasteiger partial charge in [0.2, 0.25) is 0 Å². The Morgan fingerprint density at radius 3 is 2.43 bits per heavy atom. The van der Waals surface area contributed by atoms with E-state index < -0.39 is 18.3 Å². The van der Waals surface area contributed by atoms with Crippen LogP contribution in [-0.4, -0.2) is 34.6 Å². The van der Waals surface area contributed by atoms with Crippen molar-refractivity contribution in [3.8, 4) is 0 Å². The van der Waals surface area contributed by atoms with Gasteiger partial charge in [-0.1, -0.05) is 12.1 Å². The number of nitrogens with zero attached hydrogens (tertiary/aromatic N) is 1. The number of aliphatic hydroxyl groups is 1. The predicted molar refractivity (Wildman–Crippen MR) is 94.1 cm³/mol. The van der Waals surface area contributed by atoms with Crippen molar-refractivity contribution in [3.63, 3.8) is 0 Å². The molecule has 1 aromatic heterocycles. The minimum atomic E-state index is -0.517. The van der Waals surface area contributed by atoms with Crippen molar-refractivity contribution in [1.82, 2.24) is 4.57 Å². The number of rotatable bonds is 3. The highest BCUT2D eigenvalue weighted by Crippen LogP contribution is 2.38. The van der Waals surface area contributed by atoms with E-state index in [1.165, 1.54) is 10.9 Å². The quantitative estimate of drug-likeness (QED) is 0.885. The summed E-state index contributed by atoms with van der Waals surface area (Å²) in [6, 6.07) is 8.32. The van der Waals surface area contributed by atoms with Crippen molar-refractivity contribution in [3.05, 3.63) is 41.5 Å². The summed E-state index contributed by atoms with van der Waals surface area (Å²) in [5, 5.41) is 10.9. The summed E-state index contributed by atoms with van der Waals surface area (Å²) in [4.78, 5) is 0. The largest absolute Gasteiger partial charge is 0.492 e. The van der Waals surface area contributed by atoms with Crippen molar-refractivity contribution in [2.75, 3.05) is 6.61 Å². The molecule has 4 nitrogen and oxygen atoms in total. The second kappa shape index (κ2) is 5.51. The lowest BCUT2D eigenvalue weighted by atomic mass is 9.77. The Bertz CT molecular complexity index is 745. The first-order valence-corrected chi connectivity index (χ1v) is 7.95. The Kier molecular flexibility index (Phi) is 3.91. The number of hydrogen-bond acceptors (Lipinski definition) is 3. The van der Waals surface area contributed by atoms with Crippen molar-refractivity contribution in [2.45, 2.75) is 38.9 Å². The van der Waals surface area contributed by atoms with E-state index in [-0.39, 0.29) is 6.61 Å². The summed E-state index contributed by atoms with van der Waals surface area (Å²) in [7, 11) is 1.51. The Labute approximate surface area is 137 Å². The second-order valence-corrected chi connectivity index (χ2v) is 7.21. The fraction of sp³-hybridized carbons (Fsp3) is 0.444. The van der Waals surface area contributed by atoms with Crippen molar-refractivity contribution >= 4 is 24.1 Å². The zero-order valence-corrected chi connectivity index (χ0v) is 14.5. The second-order valence-electron chi connectivity index (χ2n) is 7.21. The molecule has 2 heterocycles. The van der Waals surface area contributed by atoms with E-state index >= 15 is 0 Å². The van der Waals surface area contributed by atoms with Gasteiger partial charge in [0.25, 0.3) is 0 Å². The molecule has 1 fully saturated rings. The van der Waals surface area contributed by atoms with E-state index in [1.807, 2.05) is 53.1 Å². The fourth-order valence-electron chi connectivity index (χ4n) is 2.79. The average Bonchev–Trinajstić information content (AvgIpc) is 2.94. The van der Waals surface area contributed by atoms with Gasteiger partial charge in [0.1, 0.15) is 0 Å². The lowest BCUT2D eigenvalue weighted by Gasteiger charge is -2.32. The number of hydrogen-bond donors (Lipinski definition) is 1. The van der Waals surface area contributed by atoms with Crippen molar-refractivity contribution < 1.29 is 14.4 Å². The van der Waals surface area contributed by atoms with E-state index in [0.717, 1.165) is 11.0 Å². The van der Waals surface area contributed by atoms with Crippen LogP contribution in [0.5, 0.6) is 0 Å². The van der Waals surface area contributed by atoms with Crippen LogP contribution < -0.4 is 0 Å². The zero-order chi connectivity index (χ0) is 16.8. The van der Waals surface area contributed by atoms with Gasteiger partial charge in [0.05, 0.1) is 17.8 Å². The number of aromatic nitrogens is 1. The van der Waals surface area contributed by atoms with E-state index in [0.29, 0.717) is 0 Å². The number of aliphatic hydroxyl groups excluding tert-OH is 1. The van der Waals surface area contributed by atoms with Crippen LogP contribution in [-0.2, 0) is 16.4 Å². The monoisotopic (exact) mass is 313 g/mol. The van der Waals surface area contributed by atoms with Crippen LogP contribution >= 0.6 is 0 Å². The van der Waals surface area contributed by atoms with Crippen molar-refractivity contribution in [1.29, 1.82) is 0 Å². The maximum atomic E-state index is 9.77. The first-order valence-electron chi connectivity index (χ1n) is 7.95. The fourth-order valence-corrected chi connectivity index (χ4v) is 2.79. The van der Waals surface area contributed by atoms with Crippen LogP contribution in [0.1, 0.15) is 33.3 Å². The van der Waals surface area contributed by atoms with E-state index in [4.69, 9.17) is 9.31 Å². The molecular formula is C18H24BNO3. The molecule has 0 radical (unpaired) electrons. The van der Waals surface area contributed by atoms with Gasteiger partial charge in [-0.25, -0.2) is 0 Å². The summed E-state index contributed by atoms with van der Waals surface area (Å²) >= 11 is 0. The van der Waals surface area contributed by atoms with Crippen LogP contribution in [0.3, 0.4) is 0 Å². The van der Waals surface area contributed by atoms with Crippen LogP contribution in [0.25, 0.3) is 17.0 Å². The lowest BCUT2D eigenvalue weighted by molar-refractivity contribution is 0.00578. The van der Waals surface area contributed by atoms with Crippen molar-refractivity contribution in [2.24, 2.45) is 7.05 Å². The molecule has 0 atom stereocenters. The maximum absolute atomic E-state index is 9.77. The highest BCUT2D eigenvalue weighted by atomic mass is 16.7. The summed E-state index contributed by atoms with van der Waals surface area (Å²) in [6.07, 6.45) is 3.99. The molecule has 122 valence electrons. The Morgan fingerprint density at radius 1 is 1.17 bits per heavy atom. The molecule has 23 heavy (non-hydrogen) atoms. The third kappa shape index (κ3) is 2.85. The maximum Gasteiger partial charge on any atom is 0.492 e. The van der Waals surface area contributed by atoms with E-state index in [9.17, 15) is 5.11 Å². The Balaban J connectivity index is 1.92. The van der Waals surface area contributed by atoms with E-state index in [2.05, 4.69) is 22.8 Å². The number of aryl methyl sites for hydroxylation is 1. The molecule has 2 aromatic rings. The molecule has 0 saturated carbocycles. The summed E-state index contributed by atoms with van der Waals surface area (Å²) in [6.45, 7) is 7.95. The lowest BCUT2D eigenvalue weighted by Crippen LogP contribution is -2.41. The van der Waals surface area contributed by atoms with Gasteiger partial charge in [-0.15, -0.1) is 0 Å². The molecule has 0 aliphatic carbocycles. The van der Waals surface area contributed by atoms with Gasteiger partial charge in [0, 0.05) is 24.1 Å². The third-order valence-corrected chi connectivity index (χ3v) is 5.00. The summed E-state index contributed by atoms with van der Waals surface area (Å²) in [5.74, 6) is 0. The molecule has 1 aliphatic rings. The normalized spacial score (nSPS) is 20.4. The van der Waals surface area contributed by atoms with Crippen LogP contribution in [0, 0.1) is 0 Å². The Morgan fingerprint density at radius 2 is 1.83 bits per heavy atom. The standard InChI is InChI=1S/C18H24BNO3/c1-17(2)18(3,4)23-19(22-17)15(12-21)11-13-6-7-16-14(10-13)8-9-20(16)5/h6-11,21H,12H2,1-5H3. The Hall–Kier alpha value is -1.56. The van der Waals surface area contributed by atoms with Crippen LogP contribution in [0.4, 0.5) is 0 Å². The molecule has 0 unspecified atom stereocenters. The molecule has 0 spiro atoms. The molecule has 1 aliphatic heterocycles. The first-order chi connectivity index (χ1) is 10.7. The molecule has 0 amide bonds. The molecule has 1 aromatic carbocycles. The SMILES string of the molecule is Cn1ccc2cc(C=C(CO)B3OC(C)(C)C(C)(C)O3)ccc21. The van der Waals surface area contributed by atoms with Gasteiger partial charge in [-0.2, -0.15) is 0 Å². The molecule has 5 heteroatoms. The van der Waals surface area contributed by atoms with Crippen LogP contribution in [0.2, 0.25) is 0 Å². The van der Waals surface area contributed by atoms with Gasteiger partial charge in [-0.05, 0) is 56.9 Å². The molecule has 0 bridgehead atoms. The molecular weight excluding hydrogens is 289 g/mol. The third-order valence-electron chi connectivity index (χ3n) is 5.00. The predicted octanol–water partition coefficient (Wildman–Crippen LogP) is 3.19. The van der Waals surface area contributed by atoms with Gasteiger partial charge in [0.15, 0.2) is 0 Å². The first kappa shape index (κ1) is 16.3.